The summed E-state index contributed by atoms with van der Waals surface area (Å²) in [5, 5.41) is 3.31. The zero-order valence-electron chi connectivity index (χ0n) is 16.4. The van der Waals surface area contributed by atoms with Gasteiger partial charge in [-0.05, 0) is 0 Å². The molecule has 2 nitrogen and oxygen atoms in total. The molecule has 0 atom stereocenters. The quantitative estimate of drug-likeness (QED) is 0.320. The van der Waals surface area contributed by atoms with Gasteiger partial charge in [-0.3, -0.25) is 0 Å². The van der Waals surface area contributed by atoms with E-state index in [-0.39, 0.29) is 0 Å². The van der Waals surface area contributed by atoms with Crippen LogP contribution in [0.4, 0.5) is 0 Å². The predicted octanol–water partition coefficient (Wildman–Crippen LogP) is 6.01. The number of hydrogen-bond acceptors (Lipinski definition) is 2. The van der Waals surface area contributed by atoms with E-state index in [1.165, 1.54) is 0 Å². The molecule has 4 heteroatoms. The summed E-state index contributed by atoms with van der Waals surface area (Å²) >= 11 is 8.07. The molecular weight excluding hydrogens is 409 g/mol. The van der Waals surface area contributed by atoms with Gasteiger partial charge in [0.2, 0.25) is 0 Å². The average Bonchev–Trinajstić information content (AvgIpc) is 3.23. The number of para-hydroxylation sites is 2. The molecule has 0 unspecified atom stereocenters. The Kier molecular flexibility index (Phi) is 4.70. The van der Waals surface area contributed by atoms with Gasteiger partial charge in [-0.2, -0.15) is 0 Å². The van der Waals surface area contributed by atoms with Crippen molar-refractivity contribution >= 4 is 44.2 Å². The maximum absolute atomic E-state index is 8.07. The molecule has 4 aromatic carbocycles. The second-order valence-corrected chi connectivity index (χ2v) is 13.9. The van der Waals surface area contributed by atoms with Crippen molar-refractivity contribution in [3.63, 3.8) is 0 Å². The monoisotopic (exact) mass is 429 g/mol. The Balaban J connectivity index is 1.84. The Bertz CT molecular complexity index is 1150. The number of rotatable bonds is 5. The molecule has 0 saturated heterocycles. The molecule has 1 aromatic heterocycles. The van der Waals surface area contributed by atoms with Gasteiger partial charge in [0.05, 0.1) is 0 Å². The number of nitrogens with zero attached hydrogens (tertiary/aromatic N) is 1. The summed E-state index contributed by atoms with van der Waals surface area (Å²) in [6.45, 7) is 0. The molecule has 148 valence electrons. The number of oxazole rings is 1. The molecule has 30 heavy (non-hydrogen) atoms. The van der Waals surface area contributed by atoms with E-state index in [1.54, 1.807) is 0 Å². The van der Waals surface area contributed by atoms with Crippen LogP contribution in [0.25, 0.3) is 11.1 Å². The summed E-state index contributed by atoms with van der Waals surface area (Å²) in [5.41, 5.74) is 1.63. The Hall–Kier alpha value is -2.93. The van der Waals surface area contributed by atoms with Gasteiger partial charge in [0, 0.05) is 0 Å². The van der Waals surface area contributed by atoms with Crippen molar-refractivity contribution in [2.75, 3.05) is 0 Å². The van der Waals surface area contributed by atoms with E-state index in [2.05, 4.69) is 72.8 Å². The van der Waals surface area contributed by atoms with Crippen LogP contribution in [0.5, 0.6) is 0 Å². The van der Waals surface area contributed by atoms with Crippen LogP contribution in [-0.4, -0.2) is 4.98 Å². The van der Waals surface area contributed by atoms with Gasteiger partial charge in [-0.1, -0.05) is 0 Å². The maximum atomic E-state index is 8.07. The summed E-state index contributed by atoms with van der Waals surface area (Å²) in [6.07, 6.45) is 0.500. The normalized spacial score (nSPS) is 13.0. The first-order valence-electron chi connectivity index (χ1n) is 9.92. The van der Waals surface area contributed by atoms with Gasteiger partial charge in [-0.25, -0.2) is 0 Å². The summed E-state index contributed by atoms with van der Waals surface area (Å²) < 4.78 is 6.19. The molecule has 0 spiro atoms. The minimum atomic E-state index is -3.43. The van der Waals surface area contributed by atoms with Gasteiger partial charge in [-0.15, -0.1) is 0 Å². The number of benzene rings is 4. The van der Waals surface area contributed by atoms with Gasteiger partial charge in [0.1, 0.15) is 0 Å². The first kappa shape index (κ1) is 19.1. The SMILES string of the molecule is ClP(Cc1nc2ccccc2o1)(c1ccccc1)(c1ccccc1)c1ccccc1. The topological polar surface area (TPSA) is 26.0 Å². The molecule has 0 aliphatic carbocycles. The fraction of sp³-hybridized carbons (Fsp3) is 0.0385. The van der Waals surface area contributed by atoms with Crippen molar-refractivity contribution in [2.45, 2.75) is 6.16 Å². The summed E-state index contributed by atoms with van der Waals surface area (Å²) in [4.78, 5) is 4.80. The van der Waals surface area contributed by atoms with E-state index in [1.807, 2.05) is 42.5 Å². The number of aromatic nitrogens is 1. The van der Waals surface area contributed by atoms with Gasteiger partial charge < -0.3 is 0 Å². The number of halogens is 1. The second kappa shape index (κ2) is 7.40. The van der Waals surface area contributed by atoms with Crippen molar-refractivity contribution in [2.24, 2.45) is 0 Å². The first-order valence-corrected chi connectivity index (χ1v) is 13.3. The third kappa shape index (κ3) is 2.96. The van der Waals surface area contributed by atoms with E-state index in [0.717, 1.165) is 27.0 Å². The van der Waals surface area contributed by atoms with Crippen LogP contribution in [-0.2, 0) is 6.16 Å². The first-order chi connectivity index (χ1) is 14.7. The van der Waals surface area contributed by atoms with Crippen LogP contribution < -0.4 is 15.9 Å². The summed E-state index contributed by atoms with van der Waals surface area (Å²) in [5.74, 6) is -2.78. The Morgan fingerprint density at radius 2 is 1.03 bits per heavy atom. The third-order valence-corrected chi connectivity index (χ3v) is 12.8. The van der Waals surface area contributed by atoms with Gasteiger partial charge in [0.15, 0.2) is 0 Å². The molecule has 0 aliphatic rings. The summed E-state index contributed by atoms with van der Waals surface area (Å²) in [7, 11) is 0. The van der Waals surface area contributed by atoms with Crippen molar-refractivity contribution in [1.82, 2.24) is 4.98 Å². The molecule has 0 N–H and O–H groups in total. The van der Waals surface area contributed by atoms with Crippen LogP contribution in [0, 0.1) is 0 Å². The van der Waals surface area contributed by atoms with E-state index in [9.17, 15) is 0 Å². The van der Waals surface area contributed by atoms with E-state index in [4.69, 9.17) is 20.6 Å². The molecule has 0 amide bonds. The zero-order chi connectivity index (χ0) is 20.5. The van der Waals surface area contributed by atoms with Gasteiger partial charge in [0.25, 0.3) is 0 Å². The standard InChI is InChI=1S/C26H21ClNOP/c27-30(21-12-4-1-5-13-21,22-14-6-2-7-15-22,23-16-8-3-9-17-23)20-26-28-24-18-10-11-19-25(24)29-26/h1-19H,20H2. The molecule has 5 rings (SSSR count). The Labute approximate surface area is 180 Å². The molecule has 5 aromatic rings. The van der Waals surface area contributed by atoms with Gasteiger partial charge >= 0.3 is 181 Å². The van der Waals surface area contributed by atoms with Crippen LogP contribution in [0.15, 0.2) is 120 Å². The van der Waals surface area contributed by atoms with Crippen molar-refractivity contribution in [1.29, 1.82) is 0 Å². The molecule has 0 fully saturated rings. The molecule has 0 aliphatic heterocycles. The Morgan fingerprint density at radius 1 is 0.600 bits per heavy atom. The summed E-state index contributed by atoms with van der Waals surface area (Å²) in [6, 6.07) is 39.0. The van der Waals surface area contributed by atoms with E-state index < -0.39 is 5.96 Å². The molecule has 0 bridgehead atoms. The van der Waals surface area contributed by atoms with Crippen LogP contribution >= 0.6 is 17.2 Å². The number of fused-ring (bicyclic) bond motifs is 1. The van der Waals surface area contributed by atoms with Crippen molar-refractivity contribution in [3.8, 4) is 0 Å². The molecule has 0 saturated carbocycles. The fourth-order valence-electron chi connectivity index (χ4n) is 4.18. The fourth-order valence-corrected chi connectivity index (χ4v) is 9.97. The van der Waals surface area contributed by atoms with Crippen LogP contribution in [0.2, 0.25) is 0 Å². The average molecular weight is 430 g/mol. The molecule has 0 radical (unpaired) electrons. The Morgan fingerprint density at radius 3 is 1.50 bits per heavy atom. The minimum absolute atomic E-state index is 0.500. The molecular formula is C26H21ClNOP. The van der Waals surface area contributed by atoms with Crippen LogP contribution in [0.1, 0.15) is 5.89 Å². The van der Waals surface area contributed by atoms with Crippen LogP contribution in [0.3, 0.4) is 0 Å². The molecule has 1 heterocycles. The second-order valence-electron chi connectivity index (χ2n) is 7.42. The third-order valence-electron chi connectivity index (χ3n) is 5.65. The number of hydrogen-bond donors (Lipinski definition) is 0. The van der Waals surface area contributed by atoms with E-state index in [0.29, 0.717) is 12.1 Å². The van der Waals surface area contributed by atoms with Crippen molar-refractivity contribution in [3.05, 3.63) is 121 Å². The van der Waals surface area contributed by atoms with Crippen molar-refractivity contribution < 1.29 is 4.42 Å². The zero-order valence-corrected chi connectivity index (χ0v) is 18.0. The predicted molar refractivity (Wildman–Crippen MR) is 129 cm³/mol. The van der Waals surface area contributed by atoms with E-state index >= 15 is 0 Å².